The molecule has 0 spiro atoms. The molecule has 104 valence electrons. The van der Waals surface area contributed by atoms with Crippen molar-refractivity contribution in [3.8, 4) is 0 Å². The van der Waals surface area contributed by atoms with Gasteiger partial charge in [-0.3, -0.25) is 4.79 Å². The third-order valence-corrected chi connectivity index (χ3v) is 2.50. The van der Waals surface area contributed by atoms with Gasteiger partial charge in [-0.15, -0.1) is 0 Å². The van der Waals surface area contributed by atoms with Crippen molar-refractivity contribution in [1.82, 2.24) is 5.32 Å². The zero-order valence-electron chi connectivity index (χ0n) is 11.1. The van der Waals surface area contributed by atoms with Gasteiger partial charge in [0.25, 0.3) is 0 Å². The van der Waals surface area contributed by atoms with Gasteiger partial charge in [-0.05, 0) is 39.0 Å². The van der Waals surface area contributed by atoms with E-state index in [1.165, 1.54) is 18.2 Å². The maximum Gasteiger partial charge on any atom is 0.337 e. The fraction of sp³-hybridized carbons (Fsp3) is 0.385. The number of aromatic carboxylic acids is 1. The van der Waals surface area contributed by atoms with E-state index in [0.29, 0.717) is 5.02 Å². The van der Waals surface area contributed by atoms with Crippen LogP contribution in [-0.2, 0) is 4.79 Å². The maximum absolute atomic E-state index is 11.7. The van der Waals surface area contributed by atoms with Crippen molar-refractivity contribution >= 4 is 29.2 Å². The number of carbonyl (C=O) groups is 2. The van der Waals surface area contributed by atoms with Crippen LogP contribution in [0, 0.1) is 0 Å². The lowest BCUT2D eigenvalue weighted by atomic mass is 10.1. The van der Waals surface area contributed by atoms with Crippen molar-refractivity contribution in [1.29, 1.82) is 0 Å². The molecule has 1 amide bonds. The van der Waals surface area contributed by atoms with E-state index in [1.54, 1.807) is 0 Å². The molecule has 6 heteroatoms. The molecule has 0 heterocycles. The van der Waals surface area contributed by atoms with Crippen molar-refractivity contribution in [3.05, 3.63) is 28.8 Å². The van der Waals surface area contributed by atoms with Crippen LogP contribution in [0.25, 0.3) is 0 Å². The Balaban J connectivity index is 2.78. The molecule has 3 N–H and O–H groups in total. The van der Waals surface area contributed by atoms with Gasteiger partial charge in [-0.25, -0.2) is 4.79 Å². The number of anilines is 1. The van der Waals surface area contributed by atoms with Gasteiger partial charge >= 0.3 is 5.97 Å². The predicted octanol–water partition coefficient (Wildman–Crippen LogP) is 2.36. The lowest BCUT2D eigenvalue weighted by molar-refractivity contribution is -0.115. The summed E-state index contributed by atoms with van der Waals surface area (Å²) in [6.07, 6.45) is 0. The van der Waals surface area contributed by atoms with E-state index < -0.39 is 5.97 Å². The number of carboxylic acids is 1. The first-order chi connectivity index (χ1) is 8.69. The van der Waals surface area contributed by atoms with E-state index in [9.17, 15) is 9.59 Å². The third-order valence-electron chi connectivity index (χ3n) is 2.27. The smallest absolute Gasteiger partial charge is 0.337 e. The van der Waals surface area contributed by atoms with Crippen LogP contribution in [0.4, 0.5) is 5.69 Å². The van der Waals surface area contributed by atoms with Crippen molar-refractivity contribution in [3.63, 3.8) is 0 Å². The molecular weight excluding hydrogens is 268 g/mol. The standard InChI is InChI=1S/C13H17ClN2O3/c1-13(2,3)15-7-11(17)16-10-6-8(14)4-5-9(10)12(18)19/h4-6,15H,7H2,1-3H3,(H,16,17)(H,18,19). The van der Waals surface area contributed by atoms with Gasteiger partial charge in [0.05, 0.1) is 17.8 Å². The second kappa shape index (κ2) is 6.04. The number of rotatable bonds is 4. The Labute approximate surface area is 117 Å². The van der Waals surface area contributed by atoms with Crippen LogP contribution in [-0.4, -0.2) is 29.1 Å². The van der Waals surface area contributed by atoms with E-state index >= 15 is 0 Å². The first kappa shape index (κ1) is 15.5. The number of nitrogens with one attached hydrogen (secondary N) is 2. The molecular formula is C13H17ClN2O3. The van der Waals surface area contributed by atoms with E-state index in [1.807, 2.05) is 20.8 Å². The third kappa shape index (κ3) is 5.28. The SMILES string of the molecule is CC(C)(C)NCC(=O)Nc1cc(Cl)ccc1C(=O)O. The van der Waals surface area contributed by atoms with Gasteiger partial charge in [0.2, 0.25) is 5.91 Å². The van der Waals surface area contributed by atoms with Gasteiger partial charge in [0.1, 0.15) is 0 Å². The molecule has 1 aromatic carbocycles. The van der Waals surface area contributed by atoms with Crippen LogP contribution in [0.1, 0.15) is 31.1 Å². The molecule has 1 aromatic rings. The van der Waals surface area contributed by atoms with Crippen LogP contribution in [0.15, 0.2) is 18.2 Å². The van der Waals surface area contributed by atoms with Crippen molar-refractivity contribution in [2.24, 2.45) is 0 Å². The van der Waals surface area contributed by atoms with Crippen LogP contribution in [0.3, 0.4) is 0 Å². The van der Waals surface area contributed by atoms with Crippen molar-refractivity contribution in [2.45, 2.75) is 26.3 Å². The quantitative estimate of drug-likeness (QED) is 0.793. The fourth-order valence-corrected chi connectivity index (χ4v) is 1.52. The highest BCUT2D eigenvalue weighted by Gasteiger charge is 2.15. The van der Waals surface area contributed by atoms with Crippen LogP contribution in [0.5, 0.6) is 0 Å². The van der Waals surface area contributed by atoms with Gasteiger partial charge in [0.15, 0.2) is 0 Å². The second-order valence-corrected chi connectivity index (χ2v) is 5.58. The highest BCUT2D eigenvalue weighted by atomic mass is 35.5. The molecule has 19 heavy (non-hydrogen) atoms. The van der Waals surface area contributed by atoms with Crippen LogP contribution >= 0.6 is 11.6 Å². The number of benzene rings is 1. The molecule has 0 unspecified atom stereocenters. The molecule has 0 saturated carbocycles. The van der Waals surface area contributed by atoms with Crippen LogP contribution in [0.2, 0.25) is 5.02 Å². The number of hydrogen-bond donors (Lipinski definition) is 3. The number of halogens is 1. The number of carbonyl (C=O) groups excluding carboxylic acids is 1. The number of hydrogen-bond acceptors (Lipinski definition) is 3. The lowest BCUT2D eigenvalue weighted by Crippen LogP contribution is -2.41. The Morgan fingerprint density at radius 3 is 2.47 bits per heavy atom. The van der Waals surface area contributed by atoms with Gasteiger partial charge in [-0.2, -0.15) is 0 Å². The molecule has 1 rings (SSSR count). The maximum atomic E-state index is 11.7. The summed E-state index contributed by atoms with van der Waals surface area (Å²) in [5.41, 5.74) is 0.00983. The Bertz CT molecular complexity index is 495. The molecule has 0 aromatic heterocycles. The first-order valence-electron chi connectivity index (χ1n) is 5.77. The summed E-state index contributed by atoms with van der Waals surface area (Å²) in [5, 5.41) is 14.9. The highest BCUT2D eigenvalue weighted by molar-refractivity contribution is 6.31. The number of carboxylic acid groups (broad SMARTS) is 1. The Morgan fingerprint density at radius 1 is 1.32 bits per heavy atom. The Morgan fingerprint density at radius 2 is 1.95 bits per heavy atom. The first-order valence-corrected chi connectivity index (χ1v) is 6.14. The van der Waals surface area contributed by atoms with E-state index in [-0.39, 0.29) is 29.2 Å². The summed E-state index contributed by atoms with van der Waals surface area (Å²) in [4.78, 5) is 22.8. The molecule has 0 saturated heterocycles. The largest absolute Gasteiger partial charge is 0.478 e. The Kier molecular flexibility index (Phi) is 4.91. The molecule has 0 atom stereocenters. The predicted molar refractivity (Wildman–Crippen MR) is 74.8 cm³/mol. The zero-order valence-corrected chi connectivity index (χ0v) is 11.8. The average Bonchev–Trinajstić information content (AvgIpc) is 2.25. The molecule has 5 nitrogen and oxygen atoms in total. The summed E-state index contributed by atoms with van der Waals surface area (Å²) in [6, 6.07) is 4.24. The summed E-state index contributed by atoms with van der Waals surface area (Å²) in [6.45, 7) is 5.89. The number of amides is 1. The summed E-state index contributed by atoms with van der Waals surface area (Å²) >= 11 is 5.79. The minimum absolute atomic E-state index is 0.00788. The fourth-order valence-electron chi connectivity index (χ4n) is 1.35. The molecule has 0 fully saturated rings. The van der Waals surface area contributed by atoms with E-state index in [2.05, 4.69) is 10.6 Å². The highest BCUT2D eigenvalue weighted by Crippen LogP contribution is 2.21. The molecule has 0 aliphatic rings. The van der Waals surface area contributed by atoms with Crippen molar-refractivity contribution < 1.29 is 14.7 Å². The minimum Gasteiger partial charge on any atom is -0.478 e. The summed E-state index contributed by atoms with van der Waals surface area (Å²) < 4.78 is 0. The average molecular weight is 285 g/mol. The molecule has 0 aliphatic carbocycles. The molecule has 0 radical (unpaired) electrons. The Hall–Kier alpha value is -1.59. The van der Waals surface area contributed by atoms with E-state index in [4.69, 9.17) is 16.7 Å². The summed E-state index contributed by atoms with van der Waals surface area (Å²) in [7, 11) is 0. The van der Waals surface area contributed by atoms with E-state index in [0.717, 1.165) is 0 Å². The lowest BCUT2D eigenvalue weighted by Gasteiger charge is -2.20. The normalized spacial score (nSPS) is 11.2. The zero-order chi connectivity index (χ0) is 14.6. The second-order valence-electron chi connectivity index (χ2n) is 5.15. The van der Waals surface area contributed by atoms with Crippen molar-refractivity contribution in [2.75, 3.05) is 11.9 Å². The minimum atomic E-state index is -1.12. The summed E-state index contributed by atoms with van der Waals surface area (Å²) in [5.74, 6) is -1.43. The molecule has 0 bridgehead atoms. The van der Waals surface area contributed by atoms with Gasteiger partial charge in [-0.1, -0.05) is 11.6 Å². The topological polar surface area (TPSA) is 78.4 Å². The van der Waals surface area contributed by atoms with Gasteiger partial charge in [0, 0.05) is 10.6 Å². The monoisotopic (exact) mass is 284 g/mol. The molecule has 0 aliphatic heterocycles. The van der Waals surface area contributed by atoms with Gasteiger partial charge < -0.3 is 15.7 Å². The van der Waals surface area contributed by atoms with Crippen LogP contribution < -0.4 is 10.6 Å².